The molecule has 1 aromatic heterocycles. The molecule has 0 aliphatic heterocycles. The Bertz CT molecular complexity index is 510. The lowest BCUT2D eigenvalue weighted by atomic mass is 10.1. The van der Waals surface area contributed by atoms with Crippen LogP contribution in [0.2, 0.25) is 0 Å². The number of hydrogen-bond acceptors (Lipinski definition) is 8. The van der Waals surface area contributed by atoms with Crippen molar-refractivity contribution in [1.29, 1.82) is 5.41 Å². The predicted octanol–water partition coefficient (Wildman–Crippen LogP) is 0.487. The van der Waals surface area contributed by atoms with E-state index in [-0.39, 0.29) is 6.04 Å². The summed E-state index contributed by atoms with van der Waals surface area (Å²) in [6, 6.07) is -0.364. The van der Waals surface area contributed by atoms with Gasteiger partial charge in [-0.15, -0.1) is 0 Å². The fourth-order valence-electron chi connectivity index (χ4n) is 1.98. The number of nitrogens with one attached hydrogen (secondary N) is 4. The van der Waals surface area contributed by atoms with Gasteiger partial charge >= 0.3 is 6.09 Å². The van der Waals surface area contributed by atoms with Gasteiger partial charge in [0.1, 0.15) is 4.99 Å². The average Bonchev–Trinajstić information content (AvgIpc) is 3.10. The zero-order chi connectivity index (χ0) is 17.8. The SMILES string of the molecule is CCOC(=O)NC(CCCCNCC=N)C(=S)N(C)c1nnn[nH]1. The van der Waals surface area contributed by atoms with E-state index in [1.54, 1.807) is 18.9 Å². The number of ether oxygens (including phenoxy) is 1. The van der Waals surface area contributed by atoms with Crippen LogP contribution in [0.3, 0.4) is 0 Å². The summed E-state index contributed by atoms with van der Waals surface area (Å²) in [4.78, 5) is 13.9. The molecule has 11 heteroatoms. The molecule has 1 amide bonds. The second kappa shape index (κ2) is 11.4. The number of aromatic nitrogens is 4. The first-order valence-electron chi connectivity index (χ1n) is 7.74. The van der Waals surface area contributed by atoms with Crippen LogP contribution in [0.1, 0.15) is 26.2 Å². The van der Waals surface area contributed by atoms with Crippen LogP contribution in [0.25, 0.3) is 0 Å². The molecular formula is C13H24N8O2S. The summed E-state index contributed by atoms with van der Waals surface area (Å²) in [5.41, 5.74) is 0. The number of anilines is 1. The van der Waals surface area contributed by atoms with Gasteiger partial charge < -0.3 is 25.7 Å². The summed E-state index contributed by atoms with van der Waals surface area (Å²) in [6.07, 6.45) is 3.24. The van der Waals surface area contributed by atoms with Crippen molar-refractivity contribution in [3.05, 3.63) is 0 Å². The Morgan fingerprint density at radius 3 is 2.96 bits per heavy atom. The van der Waals surface area contributed by atoms with Gasteiger partial charge in [0.2, 0.25) is 5.95 Å². The molecule has 0 saturated carbocycles. The van der Waals surface area contributed by atoms with Gasteiger partial charge in [0.15, 0.2) is 0 Å². The molecule has 10 nitrogen and oxygen atoms in total. The van der Waals surface area contributed by atoms with E-state index < -0.39 is 6.09 Å². The summed E-state index contributed by atoms with van der Waals surface area (Å²) in [7, 11) is 1.73. The molecule has 1 heterocycles. The summed E-state index contributed by atoms with van der Waals surface area (Å²) < 4.78 is 4.94. The molecule has 1 unspecified atom stereocenters. The van der Waals surface area contributed by atoms with Crippen molar-refractivity contribution in [3.8, 4) is 0 Å². The minimum Gasteiger partial charge on any atom is -0.450 e. The van der Waals surface area contributed by atoms with Gasteiger partial charge in [-0.05, 0) is 43.2 Å². The number of tetrazole rings is 1. The molecule has 1 rings (SSSR count). The van der Waals surface area contributed by atoms with Crippen molar-refractivity contribution in [2.75, 3.05) is 31.6 Å². The number of carbonyl (C=O) groups excluding carboxylic acids is 1. The number of rotatable bonds is 11. The number of alkyl carbamates (subject to hydrolysis) is 1. The van der Waals surface area contributed by atoms with Crippen molar-refractivity contribution in [1.82, 2.24) is 31.3 Å². The monoisotopic (exact) mass is 356 g/mol. The molecule has 0 spiro atoms. The molecule has 0 saturated heterocycles. The molecule has 0 radical (unpaired) electrons. The molecule has 0 aromatic carbocycles. The molecule has 0 bridgehead atoms. The molecular weight excluding hydrogens is 332 g/mol. The van der Waals surface area contributed by atoms with Crippen LogP contribution in [0.4, 0.5) is 10.7 Å². The van der Waals surface area contributed by atoms with E-state index in [1.165, 1.54) is 6.21 Å². The lowest BCUT2D eigenvalue weighted by Gasteiger charge is -2.25. The first-order valence-corrected chi connectivity index (χ1v) is 8.15. The van der Waals surface area contributed by atoms with Crippen LogP contribution in [0, 0.1) is 5.41 Å². The number of carbonyl (C=O) groups is 1. The van der Waals surface area contributed by atoms with Gasteiger partial charge in [0.25, 0.3) is 0 Å². The topological polar surface area (TPSA) is 132 Å². The van der Waals surface area contributed by atoms with E-state index in [0.717, 1.165) is 19.4 Å². The van der Waals surface area contributed by atoms with Crippen LogP contribution in [0.5, 0.6) is 0 Å². The summed E-state index contributed by atoms with van der Waals surface area (Å²) in [6.45, 7) is 3.40. The molecule has 0 aliphatic rings. The standard InChI is InChI=1S/C13H24N8O2S/c1-3-23-13(22)16-10(6-4-5-8-15-9-7-14)11(24)21(2)12-17-19-20-18-12/h7,10,14-15H,3-6,8-9H2,1-2H3,(H,16,22)(H,17,18,19,20). The quantitative estimate of drug-likeness (QED) is 0.256. The number of H-pyrrole nitrogens is 1. The zero-order valence-corrected chi connectivity index (χ0v) is 14.7. The number of unbranched alkanes of at least 4 members (excludes halogenated alkanes) is 1. The molecule has 134 valence electrons. The Morgan fingerprint density at radius 2 is 2.33 bits per heavy atom. The van der Waals surface area contributed by atoms with E-state index in [9.17, 15) is 4.79 Å². The Morgan fingerprint density at radius 1 is 1.54 bits per heavy atom. The van der Waals surface area contributed by atoms with E-state index in [4.69, 9.17) is 22.4 Å². The van der Waals surface area contributed by atoms with Crippen LogP contribution >= 0.6 is 12.2 Å². The van der Waals surface area contributed by atoms with Crippen LogP contribution < -0.4 is 15.5 Å². The second-order valence-corrected chi connectivity index (χ2v) is 5.36. The Balaban J connectivity index is 2.57. The minimum absolute atomic E-state index is 0.292. The highest BCUT2D eigenvalue weighted by atomic mass is 32.1. The van der Waals surface area contributed by atoms with Crippen molar-refractivity contribution < 1.29 is 9.53 Å². The number of likely N-dealkylation sites (N-methyl/N-ethyl adjacent to an activating group) is 1. The third kappa shape index (κ3) is 6.96. The summed E-state index contributed by atoms with van der Waals surface area (Å²) >= 11 is 5.46. The number of nitrogens with zero attached hydrogens (tertiary/aromatic N) is 4. The normalized spacial score (nSPS) is 11.6. The van der Waals surface area contributed by atoms with Gasteiger partial charge in [-0.3, -0.25) is 0 Å². The number of thiocarbonyl (C=S) groups is 1. The van der Waals surface area contributed by atoms with E-state index in [0.29, 0.717) is 30.5 Å². The maximum atomic E-state index is 11.7. The maximum absolute atomic E-state index is 11.7. The van der Waals surface area contributed by atoms with Crippen LogP contribution in [0.15, 0.2) is 0 Å². The highest BCUT2D eigenvalue weighted by Gasteiger charge is 2.22. The van der Waals surface area contributed by atoms with Gasteiger partial charge in [-0.25, -0.2) is 9.89 Å². The lowest BCUT2D eigenvalue weighted by Crippen LogP contribution is -2.47. The van der Waals surface area contributed by atoms with Gasteiger partial charge in [-0.2, -0.15) is 0 Å². The minimum atomic E-state index is -0.504. The maximum Gasteiger partial charge on any atom is 0.407 e. The van der Waals surface area contributed by atoms with Gasteiger partial charge in [0.05, 0.1) is 12.6 Å². The average molecular weight is 356 g/mol. The molecule has 1 aromatic rings. The number of amides is 1. The van der Waals surface area contributed by atoms with Crippen LogP contribution in [-0.2, 0) is 4.74 Å². The molecule has 0 aliphatic carbocycles. The number of aromatic amines is 1. The zero-order valence-electron chi connectivity index (χ0n) is 13.9. The fourth-order valence-corrected chi connectivity index (χ4v) is 2.24. The molecule has 0 fully saturated rings. The molecule has 4 N–H and O–H groups in total. The van der Waals surface area contributed by atoms with Crippen LogP contribution in [-0.4, -0.2) is 70.7 Å². The number of hydrogen-bond donors (Lipinski definition) is 4. The lowest BCUT2D eigenvalue weighted by molar-refractivity contribution is 0.150. The predicted molar refractivity (Wildman–Crippen MR) is 94.6 cm³/mol. The van der Waals surface area contributed by atoms with Crippen molar-refractivity contribution >= 4 is 35.5 Å². The molecule has 1 atom stereocenters. The van der Waals surface area contributed by atoms with Gasteiger partial charge in [-0.1, -0.05) is 17.3 Å². The van der Waals surface area contributed by atoms with Gasteiger partial charge in [0, 0.05) is 19.8 Å². The van der Waals surface area contributed by atoms with E-state index >= 15 is 0 Å². The molecule has 24 heavy (non-hydrogen) atoms. The van der Waals surface area contributed by atoms with Crippen molar-refractivity contribution in [3.63, 3.8) is 0 Å². The van der Waals surface area contributed by atoms with E-state index in [2.05, 4.69) is 31.3 Å². The van der Waals surface area contributed by atoms with Crippen molar-refractivity contribution in [2.24, 2.45) is 0 Å². The Kier molecular flexibility index (Phi) is 9.46. The first-order chi connectivity index (χ1) is 11.6. The third-order valence-corrected chi connectivity index (χ3v) is 3.75. The first kappa shape index (κ1) is 19.9. The second-order valence-electron chi connectivity index (χ2n) is 4.94. The Hall–Kier alpha value is -2.14. The highest BCUT2D eigenvalue weighted by molar-refractivity contribution is 7.80. The smallest absolute Gasteiger partial charge is 0.407 e. The largest absolute Gasteiger partial charge is 0.450 e. The van der Waals surface area contributed by atoms with E-state index in [1.807, 2.05) is 0 Å². The summed E-state index contributed by atoms with van der Waals surface area (Å²) in [5.74, 6) is 0.406. The van der Waals surface area contributed by atoms with Crippen molar-refractivity contribution in [2.45, 2.75) is 32.2 Å². The Labute approximate surface area is 146 Å². The highest BCUT2D eigenvalue weighted by Crippen LogP contribution is 2.10. The third-order valence-electron chi connectivity index (χ3n) is 3.19. The fraction of sp³-hybridized carbons (Fsp3) is 0.692. The summed E-state index contributed by atoms with van der Waals surface area (Å²) in [5, 5.41) is 26.3.